The number of nitrogens with one attached hydrogen (secondary N) is 1. The van der Waals surface area contributed by atoms with Crippen LogP contribution in [0.3, 0.4) is 0 Å². The van der Waals surface area contributed by atoms with Crippen LogP contribution in [-0.4, -0.2) is 21.1 Å². The molecule has 0 atom stereocenters. The number of amides is 1. The summed E-state index contributed by atoms with van der Waals surface area (Å²) in [6.45, 7) is 0. The van der Waals surface area contributed by atoms with E-state index in [9.17, 15) is 4.79 Å². The van der Waals surface area contributed by atoms with Crippen LogP contribution in [0.4, 0.5) is 5.13 Å². The molecular weight excluding hydrogens is 367 g/mol. The third-order valence-electron chi connectivity index (χ3n) is 2.93. The number of anilines is 1. The average molecular weight is 377 g/mol. The van der Waals surface area contributed by atoms with Crippen LogP contribution in [-0.2, 0) is 4.79 Å². The van der Waals surface area contributed by atoms with E-state index in [0.717, 1.165) is 0 Å². The molecule has 0 spiro atoms. The molecule has 2 aromatic heterocycles. The number of benzene rings is 1. The Kier molecular flexibility index (Phi) is 5.20. The first kappa shape index (κ1) is 16.6. The zero-order valence-corrected chi connectivity index (χ0v) is 14.4. The molecule has 0 fully saturated rings. The Morgan fingerprint density at radius 2 is 2.00 bits per heavy atom. The molecule has 0 aliphatic carbocycles. The molecule has 3 aromatic rings. The monoisotopic (exact) mass is 376 g/mol. The lowest BCUT2D eigenvalue weighted by Crippen LogP contribution is -2.07. The van der Waals surface area contributed by atoms with Gasteiger partial charge in [-0.1, -0.05) is 52.7 Å². The molecule has 0 bridgehead atoms. The van der Waals surface area contributed by atoms with E-state index >= 15 is 0 Å². The largest absolute Gasteiger partial charge is 0.297 e. The number of pyridine rings is 1. The van der Waals surface area contributed by atoms with Gasteiger partial charge in [0.2, 0.25) is 11.0 Å². The van der Waals surface area contributed by atoms with E-state index in [2.05, 4.69) is 20.5 Å². The lowest BCUT2D eigenvalue weighted by Gasteiger charge is -2.00. The number of hydrogen-bond acceptors (Lipinski definition) is 5. The number of hydrogen-bond donors (Lipinski definition) is 1. The SMILES string of the molecule is O=C(/C=C/c1cccc(Cl)c1Cl)Nc1nnc(-c2ccccn2)s1. The summed E-state index contributed by atoms with van der Waals surface area (Å²) in [6, 6.07) is 10.7. The van der Waals surface area contributed by atoms with Gasteiger partial charge in [-0.3, -0.25) is 15.1 Å². The predicted molar refractivity (Wildman–Crippen MR) is 97.3 cm³/mol. The fourth-order valence-electron chi connectivity index (χ4n) is 1.83. The van der Waals surface area contributed by atoms with Crippen LogP contribution < -0.4 is 5.32 Å². The van der Waals surface area contributed by atoms with Crippen molar-refractivity contribution in [2.75, 3.05) is 5.32 Å². The average Bonchev–Trinajstić information content (AvgIpc) is 3.05. The van der Waals surface area contributed by atoms with Crippen LogP contribution in [0.25, 0.3) is 16.8 Å². The van der Waals surface area contributed by atoms with Crippen molar-refractivity contribution in [1.82, 2.24) is 15.2 Å². The molecule has 8 heteroatoms. The van der Waals surface area contributed by atoms with E-state index < -0.39 is 0 Å². The Balaban J connectivity index is 1.68. The maximum absolute atomic E-state index is 12.0. The molecule has 0 radical (unpaired) electrons. The van der Waals surface area contributed by atoms with Crippen molar-refractivity contribution < 1.29 is 4.79 Å². The van der Waals surface area contributed by atoms with Gasteiger partial charge < -0.3 is 0 Å². The first-order valence-electron chi connectivity index (χ1n) is 6.81. The Hall–Kier alpha value is -2.28. The molecule has 2 heterocycles. The second kappa shape index (κ2) is 7.53. The summed E-state index contributed by atoms with van der Waals surface area (Å²) < 4.78 is 0. The Bertz CT molecular complexity index is 896. The van der Waals surface area contributed by atoms with E-state index in [1.165, 1.54) is 17.4 Å². The number of carbonyl (C=O) groups excluding carboxylic acids is 1. The van der Waals surface area contributed by atoms with Crippen molar-refractivity contribution in [2.45, 2.75) is 0 Å². The Morgan fingerprint density at radius 1 is 1.12 bits per heavy atom. The molecule has 0 saturated carbocycles. The number of carbonyl (C=O) groups is 1. The van der Waals surface area contributed by atoms with Crippen LogP contribution in [0.15, 0.2) is 48.7 Å². The first-order chi connectivity index (χ1) is 11.6. The molecule has 0 aliphatic rings. The van der Waals surface area contributed by atoms with Gasteiger partial charge in [-0.05, 0) is 29.8 Å². The highest BCUT2D eigenvalue weighted by Gasteiger charge is 2.09. The zero-order valence-electron chi connectivity index (χ0n) is 12.1. The maximum Gasteiger partial charge on any atom is 0.250 e. The lowest BCUT2D eigenvalue weighted by molar-refractivity contribution is -0.111. The fraction of sp³-hybridized carbons (Fsp3) is 0. The summed E-state index contributed by atoms with van der Waals surface area (Å²) in [5.74, 6) is -0.338. The molecule has 0 unspecified atom stereocenters. The van der Waals surface area contributed by atoms with E-state index in [4.69, 9.17) is 23.2 Å². The summed E-state index contributed by atoms with van der Waals surface area (Å²) in [5, 5.41) is 12.5. The third-order valence-corrected chi connectivity index (χ3v) is 4.63. The summed E-state index contributed by atoms with van der Waals surface area (Å²) in [7, 11) is 0. The fourth-order valence-corrected chi connectivity index (χ4v) is 2.92. The van der Waals surface area contributed by atoms with E-state index in [1.54, 1.807) is 30.5 Å². The molecule has 24 heavy (non-hydrogen) atoms. The standard InChI is InChI=1S/C16H10Cl2N4OS/c17-11-5-3-4-10(14(11)18)7-8-13(23)20-16-22-21-15(24-16)12-6-1-2-9-19-12/h1-9H,(H,20,22,23)/b8-7+. The highest BCUT2D eigenvalue weighted by atomic mass is 35.5. The quantitative estimate of drug-likeness (QED) is 0.677. The Labute approximate surface area is 152 Å². The van der Waals surface area contributed by atoms with Crippen LogP contribution >= 0.6 is 34.5 Å². The minimum atomic E-state index is -0.338. The van der Waals surface area contributed by atoms with Gasteiger partial charge in [0.05, 0.1) is 10.0 Å². The molecule has 1 aromatic carbocycles. The summed E-state index contributed by atoms with van der Waals surface area (Å²) in [4.78, 5) is 16.2. The zero-order chi connectivity index (χ0) is 16.9. The van der Waals surface area contributed by atoms with Crippen molar-refractivity contribution in [3.63, 3.8) is 0 Å². The summed E-state index contributed by atoms with van der Waals surface area (Å²) in [6.07, 6.45) is 4.62. The minimum absolute atomic E-state index is 0.338. The van der Waals surface area contributed by atoms with Crippen LogP contribution in [0.1, 0.15) is 5.56 Å². The normalized spacial score (nSPS) is 10.9. The van der Waals surface area contributed by atoms with Crippen molar-refractivity contribution in [3.05, 3.63) is 64.3 Å². The van der Waals surface area contributed by atoms with Gasteiger partial charge >= 0.3 is 0 Å². The smallest absolute Gasteiger partial charge is 0.250 e. The van der Waals surface area contributed by atoms with Gasteiger partial charge in [0.25, 0.3) is 0 Å². The van der Waals surface area contributed by atoms with E-state index in [1.807, 2.05) is 18.2 Å². The Morgan fingerprint density at radius 3 is 2.79 bits per heavy atom. The predicted octanol–water partition coefficient (Wildman–Crippen LogP) is 4.56. The van der Waals surface area contributed by atoms with Gasteiger partial charge in [0.15, 0.2) is 5.01 Å². The molecule has 120 valence electrons. The molecule has 0 saturated heterocycles. The molecular formula is C16H10Cl2N4OS. The van der Waals surface area contributed by atoms with Gasteiger partial charge in [0, 0.05) is 12.3 Å². The second-order valence-electron chi connectivity index (χ2n) is 4.59. The van der Waals surface area contributed by atoms with Gasteiger partial charge in [-0.2, -0.15) is 0 Å². The number of rotatable bonds is 4. The molecule has 0 aliphatic heterocycles. The maximum atomic E-state index is 12.0. The molecule has 1 amide bonds. The highest BCUT2D eigenvalue weighted by Crippen LogP contribution is 2.27. The minimum Gasteiger partial charge on any atom is -0.297 e. The van der Waals surface area contributed by atoms with Gasteiger partial charge in [-0.25, -0.2) is 0 Å². The van der Waals surface area contributed by atoms with Crippen molar-refractivity contribution in [1.29, 1.82) is 0 Å². The summed E-state index contributed by atoms with van der Waals surface area (Å²) >= 11 is 13.2. The summed E-state index contributed by atoms with van der Waals surface area (Å²) in [5.41, 5.74) is 1.36. The highest BCUT2D eigenvalue weighted by molar-refractivity contribution is 7.18. The third kappa shape index (κ3) is 3.97. The number of halogens is 2. The van der Waals surface area contributed by atoms with E-state index in [0.29, 0.717) is 31.4 Å². The van der Waals surface area contributed by atoms with Crippen molar-refractivity contribution in [3.8, 4) is 10.7 Å². The topological polar surface area (TPSA) is 67.8 Å². The molecule has 3 rings (SSSR count). The lowest BCUT2D eigenvalue weighted by atomic mass is 10.2. The van der Waals surface area contributed by atoms with Gasteiger partial charge in [0.1, 0.15) is 5.69 Å². The van der Waals surface area contributed by atoms with Crippen LogP contribution in [0, 0.1) is 0 Å². The van der Waals surface area contributed by atoms with Crippen molar-refractivity contribution >= 4 is 51.7 Å². The number of aromatic nitrogens is 3. The molecule has 1 N–H and O–H groups in total. The number of nitrogens with zero attached hydrogens (tertiary/aromatic N) is 3. The second-order valence-corrected chi connectivity index (χ2v) is 6.36. The first-order valence-corrected chi connectivity index (χ1v) is 8.39. The van der Waals surface area contributed by atoms with E-state index in [-0.39, 0.29) is 5.91 Å². The van der Waals surface area contributed by atoms with Crippen molar-refractivity contribution in [2.24, 2.45) is 0 Å². The van der Waals surface area contributed by atoms with Crippen LogP contribution in [0.2, 0.25) is 10.0 Å². The van der Waals surface area contributed by atoms with Gasteiger partial charge in [-0.15, -0.1) is 10.2 Å². The van der Waals surface area contributed by atoms with Crippen LogP contribution in [0.5, 0.6) is 0 Å². The molecule has 5 nitrogen and oxygen atoms in total.